The van der Waals surface area contributed by atoms with Crippen LogP contribution in [-0.2, 0) is 0 Å². The van der Waals surface area contributed by atoms with E-state index in [4.69, 9.17) is 0 Å². The standard InChI is InChI=1S/C15H17N3O2/c1-9(2)14-16-8-12(13(18-14)15(19)20)17-11-6-4-5-10(3)7-11/h4-9,17H,1-3H3,(H,19,20). The van der Waals surface area contributed by atoms with Crippen LogP contribution in [0.2, 0.25) is 0 Å². The molecule has 104 valence electrons. The summed E-state index contributed by atoms with van der Waals surface area (Å²) in [6.45, 7) is 5.82. The number of aryl methyl sites for hydroxylation is 1. The van der Waals surface area contributed by atoms with Crippen LogP contribution in [0.15, 0.2) is 30.5 Å². The number of benzene rings is 1. The molecule has 0 atom stereocenters. The van der Waals surface area contributed by atoms with Gasteiger partial charge in [-0.05, 0) is 24.6 Å². The van der Waals surface area contributed by atoms with Crippen molar-refractivity contribution in [1.29, 1.82) is 0 Å². The van der Waals surface area contributed by atoms with E-state index in [0.29, 0.717) is 11.5 Å². The van der Waals surface area contributed by atoms with Gasteiger partial charge in [-0.3, -0.25) is 0 Å². The molecule has 2 N–H and O–H groups in total. The lowest BCUT2D eigenvalue weighted by Gasteiger charge is -2.11. The molecular formula is C15H17N3O2. The molecule has 0 radical (unpaired) electrons. The Morgan fingerprint density at radius 3 is 2.70 bits per heavy atom. The third kappa shape index (κ3) is 3.12. The number of aromatic nitrogens is 2. The lowest BCUT2D eigenvalue weighted by molar-refractivity contribution is 0.0691. The van der Waals surface area contributed by atoms with Crippen LogP contribution in [0.4, 0.5) is 11.4 Å². The van der Waals surface area contributed by atoms with Crippen LogP contribution in [0.5, 0.6) is 0 Å². The molecule has 0 amide bonds. The van der Waals surface area contributed by atoms with E-state index in [1.807, 2.05) is 45.0 Å². The molecule has 0 aliphatic carbocycles. The van der Waals surface area contributed by atoms with Crippen molar-refractivity contribution < 1.29 is 9.90 Å². The van der Waals surface area contributed by atoms with Gasteiger partial charge >= 0.3 is 5.97 Å². The van der Waals surface area contributed by atoms with E-state index in [1.165, 1.54) is 6.20 Å². The molecule has 2 rings (SSSR count). The highest BCUT2D eigenvalue weighted by Gasteiger charge is 2.15. The quantitative estimate of drug-likeness (QED) is 0.891. The van der Waals surface area contributed by atoms with Crippen molar-refractivity contribution in [2.45, 2.75) is 26.7 Å². The lowest BCUT2D eigenvalue weighted by Crippen LogP contribution is -2.10. The number of nitrogens with one attached hydrogen (secondary N) is 1. The lowest BCUT2D eigenvalue weighted by atomic mass is 10.2. The summed E-state index contributed by atoms with van der Waals surface area (Å²) in [5, 5.41) is 12.3. The number of nitrogens with zero attached hydrogens (tertiary/aromatic N) is 2. The van der Waals surface area contributed by atoms with Crippen molar-refractivity contribution >= 4 is 17.3 Å². The van der Waals surface area contributed by atoms with Gasteiger partial charge in [-0.25, -0.2) is 14.8 Å². The summed E-state index contributed by atoms with van der Waals surface area (Å²) in [7, 11) is 0. The molecule has 0 fully saturated rings. The van der Waals surface area contributed by atoms with Crippen LogP contribution in [-0.4, -0.2) is 21.0 Å². The number of hydrogen-bond donors (Lipinski definition) is 2. The molecule has 5 heteroatoms. The zero-order chi connectivity index (χ0) is 14.7. The van der Waals surface area contributed by atoms with Crippen molar-refractivity contribution in [3.63, 3.8) is 0 Å². The molecule has 2 aromatic rings. The number of carboxylic acid groups (broad SMARTS) is 1. The summed E-state index contributed by atoms with van der Waals surface area (Å²) >= 11 is 0. The molecule has 0 spiro atoms. The van der Waals surface area contributed by atoms with Gasteiger partial charge in [0.25, 0.3) is 0 Å². The predicted molar refractivity (Wildman–Crippen MR) is 77.5 cm³/mol. The minimum Gasteiger partial charge on any atom is -0.476 e. The number of aromatic carboxylic acids is 1. The second-order valence-electron chi connectivity index (χ2n) is 4.94. The Balaban J connectivity index is 2.38. The fourth-order valence-corrected chi connectivity index (χ4v) is 1.81. The van der Waals surface area contributed by atoms with E-state index < -0.39 is 5.97 Å². The maximum atomic E-state index is 11.3. The van der Waals surface area contributed by atoms with Gasteiger partial charge < -0.3 is 10.4 Å². The van der Waals surface area contributed by atoms with Crippen molar-refractivity contribution in [3.8, 4) is 0 Å². The highest BCUT2D eigenvalue weighted by Crippen LogP contribution is 2.21. The van der Waals surface area contributed by atoms with Gasteiger partial charge in [0, 0.05) is 11.6 Å². The molecule has 0 aliphatic rings. The first kappa shape index (κ1) is 14.0. The third-order valence-corrected chi connectivity index (χ3v) is 2.82. The normalized spacial score (nSPS) is 10.6. The molecule has 20 heavy (non-hydrogen) atoms. The molecule has 0 aliphatic heterocycles. The first-order chi connectivity index (χ1) is 9.47. The first-order valence-electron chi connectivity index (χ1n) is 6.41. The minimum atomic E-state index is -1.07. The number of anilines is 2. The van der Waals surface area contributed by atoms with Crippen LogP contribution in [0.1, 0.15) is 41.6 Å². The van der Waals surface area contributed by atoms with Gasteiger partial charge in [-0.2, -0.15) is 0 Å². The van der Waals surface area contributed by atoms with Gasteiger partial charge in [0.05, 0.1) is 11.9 Å². The number of hydrogen-bond acceptors (Lipinski definition) is 4. The molecule has 0 saturated heterocycles. The molecule has 0 unspecified atom stereocenters. The molecular weight excluding hydrogens is 254 g/mol. The minimum absolute atomic E-state index is 0.00907. The van der Waals surface area contributed by atoms with Crippen LogP contribution in [0.25, 0.3) is 0 Å². The zero-order valence-electron chi connectivity index (χ0n) is 11.7. The SMILES string of the molecule is Cc1cccc(Nc2cnc(C(C)C)nc2C(=O)O)c1. The first-order valence-corrected chi connectivity index (χ1v) is 6.41. The maximum absolute atomic E-state index is 11.3. The average molecular weight is 271 g/mol. The smallest absolute Gasteiger partial charge is 0.356 e. The molecule has 1 aromatic heterocycles. The maximum Gasteiger partial charge on any atom is 0.356 e. The van der Waals surface area contributed by atoms with E-state index in [0.717, 1.165) is 11.3 Å². The number of rotatable bonds is 4. The van der Waals surface area contributed by atoms with Gasteiger partial charge in [0.2, 0.25) is 0 Å². The Kier molecular flexibility index (Phi) is 3.98. The second kappa shape index (κ2) is 5.69. The number of carboxylic acids is 1. The summed E-state index contributed by atoms with van der Waals surface area (Å²) < 4.78 is 0. The second-order valence-corrected chi connectivity index (χ2v) is 4.94. The van der Waals surface area contributed by atoms with E-state index in [-0.39, 0.29) is 11.6 Å². The van der Waals surface area contributed by atoms with Crippen molar-refractivity contribution in [2.75, 3.05) is 5.32 Å². The fraction of sp³-hybridized carbons (Fsp3) is 0.267. The van der Waals surface area contributed by atoms with Crippen LogP contribution < -0.4 is 5.32 Å². The van der Waals surface area contributed by atoms with Crippen LogP contribution in [0, 0.1) is 6.92 Å². The summed E-state index contributed by atoms with van der Waals surface area (Å²) in [5.41, 5.74) is 2.29. The van der Waals surface area contributed by atoms with E-state index >= 15 is 0 Å². The highest BCUT2D eigenvalue weighted by atomic mass is 16.4. The average Bonchev–Trinajstić information content (AvgIpc) is 2.38. The largest absolute Gasteiger partial charge is 0.476 e. The topological polar surface area (TPSA) is 75.1 Å². The molecule has 0 bridgehead atoms. The van der Waals surface area contributed by atoms with Gasteiger partial charge in [0.15, 0.2) is 5.69 Å². The van der Waals surface area contributed by atoms with Crippen LogP contribution in [0.3, 0.4) is 0 Å². The Morgan fingerprint density at radius 2 is 2.10 bits per heavy atom. The monoisotopic (exact) mass is 271 g/mol. The van der Waals surface area contributed by atoms with Gasteiger partial charge in [-0.15, -0.1) is 0 Å². The van der Waals surface area contributed by atoms with E-state index in [1.54, 1.807) is 0 Å². The number of carbonyl (C=O) groups is 1. The Morgan fingerprint density at radius 1 is 1.35 bits per heavy atom. The highest BCUT2D eigenvalue weighted by molar-refractivity contribution is 5.92. The van der Waals surface area contributed by atoms with Crippen molar-refractivity contribution in [1.82, 2.24) is 9.97 Å². The zero-order valence-corrected chi connectivity index (χ0v) is 11.7. The van der Waals surface area contributed by atoms with Crippen molar-refractivity contribution in [2.24, 2.45) is 0 Å². The molecule has 1 aromatic carbocycles. The molecule has 5 nitrogen and oxygen atoms in total. The van der Waals surface area contributed by atoms with E-state index in [2.05, 4.69) is 15.3 Å². The van der Waals surface area contributed by atoms with Gasteiger partial charge in [0.1, 0.15) is 5.82 Å². The summed E-state index contributed by atoms with van der Waals surface area (Å²) in [6, 6.07) is 7.68. The van der Waals surface area contributed by atoms with Crippen molar-refractivity contribution in [3.05, 3.63) is 47.5 Å². The fourth-order valence-electron chi connectivity index (χ4n) is 1.81. The predicted octanol–water partition coefficient (Wildman–Crippen LogP) is 3.35. The Bertz CT molecular complexity index is 639. The van der Waals surface area contributed by atoms with Crippen LogP contribution >= 0.6 is 0 Å². The Labute approximate surface area is 117 Å². The summed E-state index contributed by atoms with van der Waals surface area (Å²) in [6.07, 6.45) is 1.52. The van der Waals surface area contributed by atoms with Gasteiger partial charge in [-0.1, -0.05) is 26.0 Å². The Hall–Kier alpha value is -2.43. The molecule has 1 heterocycles. The third-order valence-electron chi connectivity index (χ3n) is 2.82. The van der Waals surface area contributed by atoms with E-state index in [9.17, 15) is 9.90 Å². The summed E-state index contributed by atoms with van der Waals surface area (Å²) in [5.74, 6) is -0.456. The summed E-state index contributed by atoms with van der Waals surface area (Å²) in [4.78, 5) is 19.6. The molecule has 0 saturated carbocycles.